The molecular weight excluding hydrogens is 270 g/mol. The maximum atomic E-state index is 12.0. The lowest BCUT2D eigenvalue weighted by atomic mass is 10.3. The molecule has 100 valence electrons. The molecule has 1 N–H and O–H groups in total. The third-order valence-corrected chi connectivity index (χ3v) is 3.84. The van der Waals surface area contributed by atoms with Crippen LogP contribution >= 0.6 is 11.3 Å². The fourth-order valence-corrected chi connectivity index (χ4v) is 2.66. The SMILES string of the molecule is CNC(=O)c1cc(-c2cccs2)nn1-c1ccccc1. The smallest absolute Gasteiger partial charge is 0.269 e. The third kappa shape index (κ3) is 2.23. The average molecular weight is 283 g/mol. The second kappa shape index (κ2) is 5.30. The third-order valence-electron chi connectivity index (χ3n) is 2.94. The Labute approximate surface area is 120 Å². The summed E-state index contributed by atoms with van der Waals surface area (Å²) < 4.78 is 1.67. The number of hydrogen-bond acceptors (Lipinski definition) is 3. The van der Waals surface area contributed by atoms with Crippen LogP contribution in [0, 0.1) is 0 Å². The van der Waals surface area contributed by atoms with Crippen LogP contribution in [0.1, 0.15) is 10.5 Å². The van der Waals surface area contributed by atoms with E-state index in [2.05, 4.69) is 10.4 Å². The highest BCUT2D eigenvalue weighted by molar-refractivity contribution is 7.13. The number of nitrogens with one attached hydrogen (secondary N) is 1. The molecule has 0 aliphatic heterocycles. The Balaban J connectivity index is 2.15. The molecule has 0 fully saturated rings. The van der Waals surface area contributed by atoms with Gasteiger partial charge in [-0.3, -0.25) is 4.79 Å². The summed E-state index contributed by atoms with van der Waals surface area (Å²) in [7, 11) is 1.62. The van der Waals surface area contributed by atoms with Crippen molar-refractivity contribution in [1.82, 2.24) is 15.1 Å². The van der Waals surface area contributed by atoms with Crippen LogP contribution in [0.2, 0.25) is 0 Å². The van der Waals surface area contributed by atoms with Gasteiger partial charge in [0.15, 0.2) is 0 Å². The molecule has 3 rings (SSSR count). The van der Waals surface area contributed by atoms with Crippen molar-refractivity contribution in [2.75, 3.05) is 7.05 Å². The van der Waals surface area contributed by atoms with Crippen molar-refractivity contribution >= 4 is 17.2 Å². The molecule has 0 saturated carbocycles. The fraction of sp³-hybridized carbons (Fsp3) is 0.0667. The number of aromatic nitrogens is 2. The fourth-order valence-electron chi connectivity index (χ4n) is 1.98. The van der Waals surface area contributed by atoms with Crippen molar-refractivity contribution in [1.29, 1.82) is 0 Å². The molecule has 1 amide bonds. The van der Waals surface area contributed by atoms with Gasteiger partial charge >= 0.3 is 0 Å². The monoisotopic (exact) mass is 283 g/mol. The number of carbonyl (C=O) groups is 1. The summed E-state index contributed by atoms with van der Waals surface area (Å²) in [5, 5.41) is 9.21. The molecule has 20 heavy (non-hydrogen) atoms. The molecule has 0 aliphatic carbocycles. The Morgan fingerprint density at radius 3 is 2.65 bits per heavy atom. The van der Waals surface area contributed by atoms with E-state index in [0.29, 0.717) is 5.69 Å². The van der Waals surface area contributed by atoms with Gasteiger partial charge in [-0.1, -0.05) is 24.3 Å². The van der Waals surface area contributed by atoms with Gasteiger partial charge in [-0.05, 0) is 29.6 Å². The molecule has 3 aromatic rings. The van der Waals surface area contributed by atoms with Crippen molar-refractivity contribution < 1.29 is 4.79 Å². The second-order valence-electron chi connectivity index (χ2n) is 4.22. The number of carbonyl (C=O) groups excluding carboxylic acids is 1. The van der Waals surface area contributed by atoms with Gasteiger partial charge < -0.3 is 5.32 Å². The van der Waals surface area contributed by atoms with Gasteiger partial charge in [0.05, 0.1) is 10.6 Å². The highest BCUT2D eigenvalue weighted by Crippen LogP contribution is 2.25. The lowest BCUT2D eigenvalue weighted by Crippen LogP contribution is -2.21. The molecule has 0 radical (unpaired) electrons. The zero-order valence-electron chi connectivity index (χ0n) is 10.9. The van der Waals surface area contributed by atoms with Crippen molar-refractivity contribution in [3.8, 4) is 16.3 Å². The highest BCUT2D eigenvalue weighted by atomic mass is 32.1. The summed E-state index contributed by atoms with van der Waals surface area (Å²) in [6.45, 7) is 0. The van der Waals surface area contributed by atoms with Gasteiger partial charge in [0.25, 0.3) is 5.91 Å². The van der Waals surface area contributed by atoms with Gasteiger partial charge in [0, 0.05) is 7.05 Å². The van der Waals surface area contributed by atoms with Crippen molar-refractivity contribution in [2.24, 2.45) is 0 Å². The van der Waals surface area contributed by atoms with E-state index in [1.807, 2.05) is 53.9 Å². The predicted octanol–water partition coefficient (Wildman–Crippen LogP) is 2.96. The first-order valence-corrected chi connectivity index (χ1v) is 7.09. The topological polar surface area (TPSA) is 46.9 Å². The van der Waals surface area contributed by atoms with Crippen LogP contribution in [0.3, 0.4) is 0 Å². The summed E-state index contributed by atoms with van der Waals surface area (Å²) in [5.41, 5.74) is 2.21. The average Bonchev–Trinajstić information content (AvgIpc) is 3.16. The summed E-state index contributed by atoms with van der Waals surface area (Å²) in [6, 6.07) is 15.4. The van der Waals surface area contributed by atoms with Crippen molar-refractivity contribution in [2.45, 2.75) is 0 Å². The molecule has 2 aromatic heterocycles. The molecular formula is C15H13N3OS. The number of para-hydroxylation sites is 1. The van der Waals surface area contributed by atoms with Gasteiger partial charge in [0.2, 0.25) is 0 Å². The summed E-state index contributed by atoms with van der Waals surface area (Å²) >= 11 is 1.61. The van der Waals surface area contributed by atoms with Crippen molar-refractivity contribution in [3.05, 3.63) is 59.6 Å². The number of nitrogens with zero attached hydrogens (tertiary/aromatic N) is 2. The van der Waals surface area contributed by atoms with Crippen LogP contribution < -0.4 is 5.32 Å². The van der Waals surface area contributed by atoms with Crippen LogP contribution in [0.4, 0.5) is 0 Å². The Hall–Kier alpha value is -2.40. The van der Waals surface area contributed by atoms with E-state index in [1.54, 1.807) is 23.1 Å². The van der Waals surface area contributed by atoms with Gasteiger partial charge in [-0.25, -0.2) is 4.68 Å². The standard InChI is InChI=1S/C15H13N3OS/c1-16-15(19)13-10-12(14-8-5-9-20-14)17-18(13)11-6-3-2-4-7-11/h2-10H,1H3,(H,16,19). The van der Waals surface area contributed by atoms with Crippen LogP contribution in [-0.2, 0) is 0 Å². The van der Waals surface area contributed by atoms with E-state index in [-0.39, 0.29) is 5.91 Å². The molecule has 0 saturated heterocycles. The minimum atomic E-state index is -0.149. The maximum absolute atomic E-state index is 12.0. The molecule has 1 aromatic carbocycles. The van der Waals surface area contributed by atoms with Crippen LogP contribution in [0.25, 0.3) is 16.3 Å². The summed E-state index contributed by atoms with van der Waals surface area (Å²) in [4.78, 5) is 13.1. The number of benzene rings is 1. The normalized spacial score (nSPS) is 10.4. The lowest BCUT2D eigenvalue weighted by Gasteiger charge is -2.05. The first-order valence-electron chi connectivity index (χ1n) is 6.21. The van der Waals surface area contributed by atoms with E-state index >= 15 is 0 Å². The number of amides is 1. The number of thiophene rings is 1. The van der Waals surface area contributed by atoms with Crippen LogP contribution in [-0.4, -0.2) is 22.7 Å². The van der Waals surface area contributed by atoms with E-state index in [4.69, 9.17) is 0 Å². The molecule has 0 aliphatic rings. The minimum Gasteiger partial charge on any atom is -0.354 e. The van der Waals surface area contributed by atoms with E-state index in [1.165, 1.54) is 0 Å². The molecule has 0 bridgehead atoms. The minimum absolute atomic E-state index is 0.149. The zero-order chi connectivity index (χ0) is 13.9. The Morgan fingerprint density at radius 2 is 2.00 bits per heavy atom. The summed E-state index contributed by atoms with van der Waals surface area (Å²) in [6.07, 6.45) is 0. The Morgan fingerprint density at radius 1 is 1.20 bits per heavy atom. The molecule has 0 spiro atoms. The first kappa shape index (κ1) is 12.6. The predicted molar refractivity (Wildman–Crippen MR) is 80.3 cm³/mol. The van der Waals surface area contributed by atoms with Gasteiger partial charge in [-0.15, -0.1) is 11.3 Å². The lowest BCUT2D eigenvalue weighted by molar-refractivity contribution is 0.0955. The zero-order valence-corrected chi connectivity index (χ0v) is 11.7. The first-order chi connectivity index (χ1) is 9.79. The maximum Gasteiger partial charge on any atom is 0.269 e. The molecule has 0 atom stereocenters. The van der Waals surface area contributed by atoms with E-state index in [9.17, 15) is 4.79 Å². The molecule has 2 heterocycles. The van der Waals surface area contributed by atoms with E-state index in [0.717, 1.165) is 16.3 Å². The Bertz CT molecular complexity index is 717. The second-order valence-corrected chi connectivity index (χ2v) is 5.17. The quantitative estimate of drug-likeness (QED) is 0.803. The largest absolute Gasteiger partial charge is 0.354 e. The Kier molecular flexibility index (Phi) is 3.35. The van der Waals surface area contributed by atoms with Crippen LogP contribution in [0.15, 0.2) is 53.9 Å². The van der Waals surface area contributed by atoms with E-state index < -0.39 is 0 Å². The molecule has 5 heteroatoms. The van der Waals surface area contributed by atoms with Crippen LogP contribution in [0.5, 0.6) is 0 Å². The van der Waals surface area contributed by atoms with Gasteiger partial charge in [0.1, 0.15) is 11.4 Å². The molecule has 4 nitrogen and oxygen atoms in total. The number of rotatable bonds is 3. The van der Waals surface area contributed by atoms with Crippen molar-refractivity contribution in [3.63, 3.8) is 0 Å². The van der Waals surface area contributed by atoms with Gasteiger partial charge in [-0.2, -0.15) is 5.10 Å². The number of hydrogen-bond donors (Lipinski definition) is 1. The summed E-state index contributed by atoms with van der Waals surface area (Å²) in [5.74, 6) is -0.149. The molecule has 0 unspecified atom stereocenters. The highest BCUT2D eigenvalue weighted by Gasteiger charge is 2.16.